The molecule has 0 bridgehead atoms. The van der Waals surface area contributed by atoms with Gasteiger partial charge in [0.05, 0.1) is 18.2 Å². The highest BCUT2D eigenvalue weighted by Gasteiger charge is 2.16. The van der Waals surface area contributed by atoms with Gasteiger partial charge in [0.1, 0.15) is 18.1 Å². The van der Waals surface area contributed by atoms with Gasteiger partial charge in [-0.3, -0.25) is 0 Å². The third-order valence-electron chi connectivity index (χ3n) is 2.59. The minimum Gasteiger partial charge on any atom is -0.497 e. The third kappa shape index (κ3) is 2.80. The topological polar surface area (TPSA) is 27.7 Å². The van der Waals surface area contributed by atoms with Gasteiger partial charge >= 0.3 is 0 Å². The van der Waals surface area contributed by atoms with Gasteiger partial charge in [-0.15, -0.1) is 0 Å². The molecule has 88 valence electrons. The van der Waals surface area contributed by atoms with Crippen molar-refractivity contribution in [3.8, 4) is 11.5 Å². The summed E-state index contributed by atoms with van der Waals surface area (Å²) in [5, 5.41) is 0.567. The van der Waals surface area contributed by atoms with Crippen molar-refractivity contribution in [2.75, 3.05) is 20.3 Å². The monoisotopic (exact) mass is 242 g/mol. The molecule has 1 aromatic rings. The van der Waals surface area contributed by atoms with Gasteiger partial charge < -0.3 is 14.2 Å². The van der Waals surface area contributed by atoms with Crippen LogP contribution < -0.4 is 9.47 Å². The van der Waals surface area contributed by atoms with E-state index in [1.54, 1.807) is 13.2 Å². The van der Waals surface area contributed by atoms with Gasteiger partial charge in [0.15, 0.2) is 0 Å². The number of benzene rings is 1. The lowest BCUT2D eigenvalue weighted by molar-refractivity contribution is 0.0680. The molecule has 0 amide bonds. The zero-order chi connectivity index (χ0) is 11.4. The Morgan fingerprint density at radius 2 is 2.38 bits per heavy atom. The molecule has 1 fully saturated rings. The molecule has 0 radical (unpaired) electrons. The minimum atomic E-state index is 0.207. The van der Waals surface area contributed by atoms with Crippen LogP contribution in [-0.4, -0.2) is 26.4 Å². The molecule has 1 aliphatic rings. The summed E-state index contributed by atoms with van der Waals surface area (Å²) in [6.45, 7) is 1.40. The zero-order valence-corrected chi connectivity index (χ0v) is 10.00. The van der Waals surface area contributed by atoms with E-state index in [2.05, 4.69) is 0 Å². The van der Waals surface area contributed by atoms with Crippen molar-refractivity contribution in [2.45, 2.75) is 18.9 Å². The van der Waals surface area contributed by atoms with Crippen LogP contribution in [0.25, 0.3) is 0 Å². The van der Waals surface area contributed by atoms with Crippen LogP contribution in [0.1, 0.15) is 12.8 Å². The fourth-order valence-electron chi connectivity index (χ4n) is 1.68. The van der Waals surface area contributed by atoms with E-state index in [4.69, 9.17) is 25.8 Å². The first-order chi connectivity index (χ1) is 7.79. The fourth-order valence-corrected chi connectivity index (χ4v) is 1.91. The summed E-state index contributed by atoms with van der Waals surface area (Å²) >= 11 is 6.05. The standard InChI is InChI=1S/C12H15ClO3/c1-14-9-4-5-12(11(13)7-9)16-8-10-3-2-6-15-10/h4-5,7,10H,2-3,6,8H2,1H3. The predicted octanol–water partition coefficient (Wildman–Crippen LogP) is 2.91. The Bertz CT molecular complexity index is 348. The zero-order valence-electron chi connectivity index (χ0n) is 9.24. The Morgan fingerprint density at radius 1 is 1.50 bits per heavy atom. The second-order valence-electron chi connectivity index (χ2n) is 3.74. The number of rotatable bonds is 4. The van der Waals surface area contributed by atoms with Gasteiger partial charge in [0.2, 0.25) is 0 Å². The van der Waals surface area contributed by atoms with Crippen molar-refractivity contribution in [1.82, 2.24) is 0 Å². The molecule has 16 heavy (non-hydrogen) atoms. The van der Waals surface area contributed by atoms with Crippen LogP contribution in [0.4, 0.5) is 0 Å². The molecule has 1 aliphatic heterocycles. The van der Waals surface area contributed by atoms with Crippen molar-refractivity contribution < 1.29 is 14.2 Å². The Labute approximate surface area is 100 Å². The Balaban J connectivity index is 1.93. The average molecular weight is 243 g/mol. The Kier molecular flexibility index (Phi) is 3.91. The first kappa shape index (κ1) is 11.6. The van der Waals surface area contributed by atoms with E-state index in [0.29, 0.717) is 17.4 Å². The molecule has 0 saturated carbocycles. The van der Waals surface area contributed by atoms with E-state index >= 15 is 0 Å². The van der Waals surface area contributed by atoms with Gasteiger partial charge in [-0.1, -0.05) is 11.6 Å². The van der Waals surface area contributed by atoms with E-state index in [-0.39, 0.29) is 6.10 Å². The minimum absolute atomic E-state index is 0.207. The van der Waals surface area contributed by atoms with Crippen LogP contribution in [0.3, 0.4) is 0 Å². The van der Waals surface area contributed by atoms with Gasteiger partial charge in [-0.25, -0.2) is 0 Å². The number of ether oxygens (including phenoxy) is 3. The van der Waals surface area contributed by atoms with Crippen LogP contribution in [0.15, 0.2) is 18.2 Å². The van der Waals surface area contributed by atoms with E-state index in [1.165, 1.54) is 0 Å². The molecule has 2 rings (SSSR count). The van der Waals surface area contributed by atoms with Gasteiger partial charge in [0.25, 0.3) is 0 Å². The fraction of sp³-hybridized carbons (Fsp3) is 0.500. The number of methoxy groups -OCH3 is 1. The lowest BCUT2D eigenvalue weighted by Crippen LogP contribution is -2.16. The van der Waals surface area contributed by atoms with Gasteiger partial charge in [-0.2, -0.15) is 0 Å². The summed E-state index contributed by atoms with van der Waals surface area (Å²) in [6.07, 6.45) is 2.39. The molecular formula is C12H15ClO3. The smallest absolute Gasteiger partial charge is 0.138 e. The number of hydrogen-bond donors (Lipinski definition) is 0. The first-order valence-corrected chi connectivity index (χ1v) is 5.75. The maximum absolute atomic E-state index is 6.05. The maximum atomic E-state index is 6.05. The number of hydrogen-bond acceptors (Lipinski definition) is 3. The van der Waals surface area contributed by atoms with Crippen molar-refractivity contribution in [3.63, 3.8) is 0 Å². The summed E-state index contributed by atoms with van der Waals surface area (Å²) in [7, 11) is 1.61. The first-order valence-electron chi connectivity index (χ1n) is 5.37. The molecule has 1 unspecified atom stereocenters. The molecule has 3 nitrogen and oxygen atoms in total. The summed E-state index contributed by atoms with van der Waals surface area (Å²) < 4.78 is 16.1. The Hall–Kier alpha value is -0.930. The summed E-state index contributed by atoms with van der Waals surface area (Å²) in [4.78, 5) is 0. The maximum Gasteiger partial charge on any atom is 0.138 e. The molecule has 4 heteroatoms. The van der Waals surface area contributed by atoms with Crippen LogP contribution in [0.5, 0.6) is 11.5 Å². The lowest BCUT2D eigenvalue weighted by atomic mass is 10.2. The van der Waals surface area contributed by atoms with Crippen LogP contribution in [0.2, 0.25) is 5.02 Å². The molecule has 1 heterocycles. The molecule has 1 saturated heterocycles. The van der Waals surface area contributed by atoms with Crippen LogP contribution in [-0.2, 0) is 4.74 Å². The quantitative estimate of drug-likeness (QED) is 0.813. The van der Waals surface area contributed by atoms with Crippen molar-refractivity contribution in [2.24, 2.45) is 0 Å². The molecule has 0 N–H and O–H groups in total. The molecular weight excluding hydrogens is 228 g/mol. The van der Waals surface area contributed by atoms with Crippen molar-refractivity contribution >= 4 is 11.6 Å². The summed E-state index contributed by atoms with van der Waals surface area (Å²) in [6, 6.07) is 5.39. The average Bonchev–Trinajstić information content (AvgIpc) is 2.80. The summed E-state index contributed by atoms with van der Waals surface area (Å²) in [5.41, 5.74) is 0. The van der Waals surface area contributed by atoms with E-state index in [1.807, 2.05) is 12.1 Å². The number of halogens is 1. The normalized spacial score (nSPS) is 19.8. The second kappa shape index (κ2) is 5.41. The third-order valence-corrected chi connectivity index (χ3v) is 2.88. The van der Waals surface area contributed by atoms with Crippen molar-refractivity contribution in [1.29, 1.82) is 0 Å². The van der Waals surface area contributed by atoms with E-state index in [0.717, 1.165) is 25.2 Å². The SMILES string of the molecule is COc1ccc(OCC2CCCO2)c(Cl)c1. The lowest BCUT2D eigenvalue weighted by Gasteiger charge is -2.12. The molecule has 0 aromatic heterocycles. The summed E-state index contributed by atoms with van der Waals surface area (Å²) in [5.74, 6) is 1.41. The highest BCUT2D eigenvalue weighted by molar-refractivity contribution is 6.32. The van der Waals surface area contributed by atoms with E-state index in [9.17, 15) is 0 Å². The Morgan fingerprint density at radius 3 is 3.00 bits per heavy atom. The molecule has 0 spiro atoms. The molecule has 1 atom stereocenters. The predicted molar refractivity (Wildman–Crippen MR) is 62.5 cm³/mol. The van der Waals surface area contributed by atoms with Gasteiger partial charge in [-0.05, 0) is 25.0 Å². The molecule has 0 aliphatic carbocycles. The highest BCUT2D eigenvalue weighted by atomic mass is 35.5. The highest BCUT2D eigenvalue weighted by Crippen LogP contribution is 2.29. The van der Waals surface area contributed by atoms with Crippen LogP contribution >= 0.6 is 11.6 Å². The van der Waals surface area contributed by atoms with Crippen molar-refractivity contribution in [3.05, 3.63) is 23.2 Å². The second-order valence-corrected chi connectivity index (χ2v) is 4.15. The molecule has 1 aromatic carbocycles. The van der Waals surface area contributed by atoms with E-state index < -0.39 is 0 Å². The van der Waals surface area contributed by atoms with Gasteiger partial charge in [0, 0.05) is 12.7 Å². The van der Waals surface area contributed by atoms with Crippen LogP contribution in [0, 0.1) is 0 Å². The largest absolute Gasteiger partial charge is 0.497 e.